The fraction of sp³-hybridized carbons (Fsp3) is 0.400. The Morgan fingerprint density at radius 2 is 2.00 bits per heavy atom. The van der Waals surface area contributed by atoms with E-state index in [0.717, 1.165) is 6.54 Å². The molecular weight excluding hydrogens is 296 g/mol. The van der Waals surface area contributed by atoms with Crippen LogP contribution in [-0.2, 0) is 0 Å². The summed E-state index contributed by atoms with van der Waals surface area (Å²) in [7, 11) is 4.23. The van der Waals surface area contributed by atoms with Crippen molar-refractivity contribution in [2.75, 3.05) is 20.6 Å². The van der Waals surface area contributed by atoms with Crippen LogP contribution < -0.4 is 4.90 Å². The summed E-state index contributed by atoms with van der Waals surface area (Å²) in [5.74, 6) is 0. The van der Waals surface area contributed by atoms with E-state index in [9.17, 15) is 0 Å². The van der Waals surface area contributed by atoms with Gasteiger partial charge in [-0.2, -0.15) is 0 Å². The van der Waals surface area contributed by atoms with Crippen LogP contribution in [-0.4, -0.2) is 20.6 Å². The predicted molar refractivity (Wildman–Crippen MR) is 65.4 cm³/mol. The molecule has 72 valence electrons. The number of hydrogen-bond acceptors (Lipinski definition) is 0. The quantitative estimate of drug-likeness (QED) is 0.640. The molecule has 0 heterocycles. The molecule has 0 unspecified atom stereocenters. The molecule has 0 aliphatic carbocycles. The summed E-state index contributed by atoms with van der Waals surface area (Å²) in [6, 6.07) is 8.27. The SMILES string of the molecule is C[NH+](C)C[C@H](Cl)c1ccccc1I. The van der Waals surface area contributed by atoms with Crippen LogP contribution >= 0.6 is 34.2 Å². The summed E-state index contributed by atoms with van der Waals surface area (Å²) in [4.78, 5) is 1.37. The van der Waals surface area contributed by atoms with Gasteiger partial charge in [0.25, 0.3) is 0 Å². The highest BCUT2D eigenvalue weighted by molar-refractivity contribution is 14.1. The van der Waals surface area contributed by atoms with E-state index in [1.54, 1.807) is 0 Å². The van der Waals surface area contributed by atoms with Crippen molar-refractivity contribution in [3.05, 3.63) is 33.4 Å². The Morgan fingerprint density at radius 3 is 2.54 bits per heavy atom. The van der Waals surface area contributed by atoms with Crippen molar-refractivity contribution in [3.8, 4) is 0 Å². The lowest BCUT2D eigenvalue weighted by atomic mass is 10.1. The molecule has 0 amide bonds. The average molecular weight is 311 g/mol. The lowest BCUT2D eigenvalue weighted by Crippen LogP contribution is -3.06. The minimum atomic E-state index is 0.123. The van der Waals surface area contributed by atoms with Gasteiger partial charge in [0.2, 0.25) is 0 Å². The third-order valence-electron chi connectivity index (χ3n) is 1.83. The monoisotopic (exact) mass is 310 g/mol. The van der Waals surface area contributed by atoms with Gasteiger partial charge in [-0.1, -0.05) is 18.2 Å². The first-order valence-corrected chi connectivity index (χ1v) is 5.80. The van der Waals surface area contributed by atoms with Gasteiger partial charge in [0.05, 0.1) is 20.6 Å². The summed E-state index contributed by atoms with van der Waals surface area (Å²) < 4.78 is 1.25. The van der Waals surface area contributed by atoms with E-state index in [0.29, 0.717) is 0 Å². The van der Waals surface area contributed by atoms with Crippen LogP contribution in [0.4, 0.5) is 0 Å². The Balaban J connectivity index is 2.76. The van der Waals surface area contributed by atoms with Crippen molar-refractivity contribution in [2.24, 2.45) is 0 Å². The van der Waals surface area contributed by atoms with Crippen LogP contribution in [0, 0.1) is 3.57 Å². The predicted octanol–water partition coefficient (Wildman–Crippen LogP) is 1.72. The molecule has 0 fully saturated rings. The van der Waals surface area contributed by atoms with E-state index < -0.39 is 0 Å². The van der Waals surface area contributed by atoms with Crippen LogP contribution in [0.2, 0.25) is 0 Å². The Hall–Kier alpha value is 0.200. The van der Waals surface area contributed by atoms with Crippen LogP contribution in [0.3, 0.4) is 0 Å². The van der Waals surface area contributed by atoms with Crippen LogP contribution in [0.1, 0.15) is 10.9 Å². The number of hydrogen-bond donors (Lipinski definition) is 1. The third kappa shape index (κ3) is 3.44. The van der Waals surface area contributed by atoms with Gasteiger partial charge in [0.1, 0.15) is 5.38 Å². The Bertz CT molecular complexity index is 275. The molecule has 0 spiro atoms. The lowest BCUT2D eigenvalue weighted by molar-refractivity contribution is -0.858. The number of benzene rings is 1. The highest BCUT2D eigenvalue weighted by Crippen LogP contribution is 2.23. The fourth-order valence-corrected chi connectivity index (χ4v) is 2.64. The van der Waals surface area contributed by atoms with E-state index in [4.69, 9.17) is 11.6 Å². The zero-order valence-electron chi connectivity index (χ0n) is 7.85. The zero-order chi connectivity index (χ0) is 9.84. The van der Waals surface area contributed by atoms with Gasteiger partial charge >= 0.3 is 0 Å². The highest BCUT2D eigenvalue weighted by atomic mass is 127. The van der Waals surface area contributed by atoms with Crippen LogP contribution in [0.5, 0.6) is 0 Å². The number of halogens is 2. The van der Waals surface area contributed by atoms with Crippen molar-refractivity contribution in [1.82, 2.24) is 0 Å². The number of rotatable bonds is 3. The topological polar surface area (TPSA) is 4.44 Å². The molecule has 0 aliphatic rings. The van der Waals surface area contributed by atoms with E-state index in [-0.39, 0.29) is 5.38 Å². The van der Waals surface area contributed by atoms with Gasteiger partial charge in [0.15, 0.2) is 0 Å². The third-order valence-corrected chi connectivity index (χ3v) is 3.20. The minimum absolute atomic E-state index is 0.123. The van der Waals surface area contributed by atoms with Gasteiger partial charge in [-0.3, -0.25) is 0 Å². The van der Waals surface area contributed by atoms with Gasteiger partial charge in [0, 0.05) is 3.57 Å². The van der Waals surface area contributed by atoms with Crippen molar-refractivity contribution < 1.29 is 4.90 Å². The maximum atomic E-state index is 6.28. The maximum absolute atomic E-state index is 6.28. The van der Waals surface area contributed by atoms with Gasteiger partial charge in [-0.05, 0) is 34.2 Å². The molecule has 13 heavy (non-hydrogen) atoms. The first-order chi connectivity index (χ1) is 6.11. The Labute approximate surface area is 98.2 Å². The second-order valence-corrected chi connectivity index (χ2v) is 5.09. The summed E-state index contributed by atoms with van der Waals surface area (Å²) in [5, 5.41) is 0.123. The van der Waals surface area contributed by atoms with E-state index in [1.807, 2.05) is 12.1 Å². The maximum Gasteiger partial charge on any atom is 0.108 e. The molecule has 1 N–H and O–H groups in total. The van der Waals surface area contributed by atoms with Crippen molar-refractivity contribution in [1.29, 1.82) is 0 Å². The smallest absolute Gasteiger partial charge is 0.108 e. The highest BCUT2D eigenvalue weighted by Gasteiger charge is 2.13. The van der Waals surface area contributed by atoms with Crippen LogP contribution in [0.15, 0.2) is 24.3 Å². The first-order valence-electron chi connectivity index (χ1n) is 4.29. The van der Waals surface area contributed by atoms with Crippen molar-refractivity contribution in [3.63, 3.8) is 0 Å². The second kappa shape index (κ2) is 5.17. The fourth-order valence-electron chi connectivity index (χ4n) is 1.20. The number of quaternary nitrogens is 1. The van der Waals surface area contributed by atoms with Crippen molar-refractivity contribution >= 4 is 34.2 Å². The molecule has 0 aromatic heterocycles. The lowest BCUT2D eigenvalue weighted by Gasteiger charge is -2.14. The molecular formula is C10H14ClIN+. The van der Waals surface area contributed by atoms with Gasteiger partial charge < -0.3 is 4.90 Å². The number of alkyl halides is 1. The van der Waals surface area contributed by atoms with Crippen LogP contribution in [0.25, 0.3) is 0 Å². The normalized spacial score (nSPS) is 13.3. The number of nitrogens with one attached hydrogen (secondary N) is 1. The molecule has 3 heteroatoms. The summed E-state index contributed by atoms with van der Waals surface area (Å²) in [6.07, 6.45) is 0. The molecule has 0 aliphatic heterocycles. The van der Waals surface area contributed by atoms with E-state index in [1.165, 1.54) is 14.0 Å². The standard InChI is InChI=1S/C10H13ClIN/c1-13(2)7-9(11)8-5-3-4-6-10(8)12/h3-6,9H,7H2,1-2H3/p+1/t9-/m0/s1. The average Bonchev–Trinajstić information content (AvgIpc) is 2.03. The van der Waals surface area contributed by atoms with Gasteiger partial charge in [-0.15, -0.1) is 11.6 Å². The first kappa shape index (κ1) is 11.3. The zero-order valence-corrected chi connectivity index (χ0v) is 10.8. The Kier molecular flexibility index (Phi) is 4.49. The van der Waals surface area contributed by atoms with E-state index in [2.05, 4.69) is 48.8 Å². The second-order valence-electron chi connectivity index (χ2n) is 3.40. The van der Waals surface area contributed by atoms with Crippen molar-refractivity contribution in [2.45, 2.75) is 5.38 Å². The summed E-state index contributed by atoms with van der Waals surface area (Å²) in [6.45, 7) is 0.960. The molecule has 1 aromatic rings. The number of likely N-dealkylation sites (N-methyl/N-ethyl adjacent to an activating group) is 1. The molecule has 1 nitrogen and oxygen atoms in total. The minimum Gasteiger partial charge on any atom is -0.338 e. The van der Waals surface area contributed by atoms with E-state index >= 15 is 0 Å². The molecule has 0 saturated carbocycles. The molecule has 0 radical (unpaired) electrons. The van der Waals surface area contributed by atoms with Gasteiger partial charge in [-0.25, -0.2) is 0 Å². The largest absolute Gasteiger partial charge is 0.338 e. The molecule has 0 bridgehead atoms. The molecule has 1 aromatic carbocycles. The summed E-state index contributed by atoms with van der Waals surface area (Å²) in [5.41, 5.74) is 1.24. The summed E-state index contributed by atoms with van der Waals surface area (Å²) >= 11 is 8.61. The Morgan fingerprint density at radius 1 is 1.38 bits per heavy atom. The molecule has 0 saturated heterocycles. The molecule has 1 atom stereocenters. The molecule has 1 rings (SSSR count).